The van der Waals surface area contributed by atoms with E-state index in [0.717, 1.165) is 19.4 Å². The van der Waals surface area contributed by atoms with Crippen LogP contribution in [0, 0.1) is 5.92 Å². The van der Waals surface area contributed by atoms with Crippen molar-refractivity contribution in [2.24, 2.45) is 5.92 Å². The zero-order valence-corrected chi connectivity index (χ0v) is 13.5. The van der Waals surface area contributed by atoms with E-state index in [4.69, 9.17) is 0 Å². The van der Waals surface area contributed by atoms with E-state index < -0.39 is 5.97 Å². The lowest BCUT2D eigenvalue weighted by molar-refractivity contribution is -0.131. The van der Waals surface area contributed by atoms with Gasteiger partial charge in [0.25, 0.3) is 0 Å². The SMILES string of the molecule is O=C(O)c1ccccc1CC(=O)N(CC1CCCCC1)C1CC1. The number of hydrogen-bond donors (Lipinski definition) is 1. The monoisotopic (exact) mass is 315 g/mol. The van der Waals surface area contributed by atoms with E-state index in [9.17, 15) is 14.7 Å². The highest BCUT2D eigenvalue weighted by atomic mass is 16.4. The highest BCUT2D eigenvalue weighted by Crippen LogP contribution is 2.32. The average molecular weight is 315 g/mol. The third-order valence-corrected chi connectivity index (χ3v) is 5.08. The molecule has 23 heavy (non-hydrogen) atoms. The molecule has 1 aromatic carbocycles. The second kappa shape index (κ2) is 7.16. The van der Waals surface area contributed by atoms with E-state index in [-0.39, 0.29) is 17.9 Å². The standard InChI is InChI=1S/C19H25NO3/c21-18(12-15-8-4-5-9-17(15)19(22)23)20(16-10-11-16)13-14-6-2-1-3-7-14/h4-5,8-9,14,16H,1-3,6-7,10-13H2,(H,22,23). The maximum Gasteiger partial charge on any atom is 0.335 e. The summed E-state index contributed by atoms with van der Waals surface area (Å²) in [4.78, 5) is 26.1. The first-order valence-corrected chi connectivity index (χ1v) is 8.76. The Labute approximate surface area is 137 Å². The van der Waals surface area contributed by atoms with Gasteiger partial charge in [-0.25, -0.2) is 4.79 Å². The molecule has 2 saturated carbocycles. The number of carboxylic acid groups (broad SMARTS) is 1. The Morgan fingerprint density at radius 2 is 1.74 bits per heavy atom. The molecule has 0 bridgehead atoms. The fraction of sp³-hybridized carbons (Fsp3) is 0.579. The molecule has 1 amide bonds. The molecule has 2 aliphatic carbocycles. The van der Waals surface area contributed by atoms with Crippen LogP contribution in [0.25, 0.3) is 0 Å². The van der Waals surface area contributed by atoms with Crippen LogP contribution in [0.1, 0.15) is 60.9 Å². The molecule has 3 rings (SSSR count). The largest absolute Gasteiger partial charge is 0.478 e. The van der Waals surface area contributed by atoms with Crippen LogP contribution in [0.4, 0.5) is 0 Å². The topological polar surface area (TPSA) is 57.6 Å². The lowest BCUT2D eigenvalue weighted by Gasteiger charge is -2.30. The minimum atomic E-state index is -0.960. The number of carbonyl (C=O) groups excluding carboxylic acids is 1. The van der Waals surface area contributed by atoms with Crippen LogP contribution in [0.3, 0.4) is 0 Å². The number of nitrogens with zero attached hydrogens (tertiary/aromatic N) is 1. The molecule has 2 aliphatic rings. The van der Waals surface area contributed by atoms with Gasteiger partial charge < -0.3 is 10.0 Å². The van der Waals surface area contributed by atoms with Crippen LogP contribution < -0.4 is 0 Å². The van der Waals surface area contributed by atoms with Crippen LogP contribution in [0.2, 0.25) is 0 Å². The van der Waals surface area contributed by atoms with Crippen molar-refractivity contribution in [2.75, 3.05) is 6.54 Å². The van der Waals surface area contributed by atoms with Gasteiger partial charge in [0.2, 0.25) is 5.91 Å². The summed E-state index contributed by atoms with van der Waals surface area (Å²) >= 11 is 0. The molecule has 0 spiro atoms. The fourth-order valence-electron chi connectivity index (χ4n) is 3.64. The van der Waals surface area contributed by atoms with Crippen molar-refractivity contribution in [3.63, 3.8) is 0 Å². The summed E-state index contributed by atoms with van der Waals surface area (Å²) in [5.74, 6) is -0.242. The number of amides is 1. The maximum absolute atomic E-state index is 12.8. The summed E-state index contributed by atoms with van der Waals surface area (Å²) in [5.41, 5.74) is 0.869. The minimum Gasteiger partial charge on any atom is -0.478 e. The summed E-state index contributed by atoms with van der Waals surface area (Å²) in [6.45, 7) is 0.860. The van der Waals surface area contributed by atoms with Gasteiger partial charge in [0.1, 0.15) is 0 Å². The molecule has 4 heteroatoms. The molecule has 1 N–H and O–H groups in total. The van der Waals surface area contributed by atoms with Crippen LogP contribution in [0.5, 0.6) is 0 Å². The molecular formula is C19H25NO3. The van der Waals surface area contributed by atoms with E-state index in [2.05, 4.69) is 0 Å². The first-order valence-electron chi connectivity index (χ1n) is 8.76. The number of rotatable bonds is 6. The zero-order chi connectivity index (χ0) is 16.2. The van der Waals surface area contributed by atoms with E-state index in [1.54, 1.807) is 24.3 Å². The van der Waals surface area contributed by atoms with E-state index in [1.165, 1.54) is 32.1 Å². The smallest absolute Gasteiger partial charge is 0.335 e. The summed E-state index contributed by atoms with van der Waals surface area (Å²) in [5, 5.41) is 9.27. The van der Waals surface area contributed by atoms with Crippen LogP contribution in [0.15, 0.2) is 24.3 Å². The van der Waals surface area contributed by atoms with Gasteiger partial charge in [0, 0.05) is 12.6 Å². The molecule has 0 aliphatic heterocycles. The predicted octanol–water partition coefficient (Wildman–Crippen LogP) is 3.50. The summed E-state index contributed by atoms with van der Waals surface area (Å²) in [7, 11) is 0. The third kappa shape index (κ3) is 4.12. The minimum absolute atomic E-state index is 0.0896. The molecule has 0 atom stereocenters. The van der Waals surface area contributed by atoms with E-state index in [0.29, 0.717) is 17.5 Å². The Balaban J connectivity index is 1.68. The first kappa shape index (κ1) is 16.0. The van der Waals surface area contributed by atoms with Gasteiger partial charge in [-0.3, -0.25) is 4.79 Å². The quantitative estimate of drug-likeness (QED) is 0.874. The fourth-order valence-corrected chi connectivity index (χ4v) is 3.64. The second-order valence-electron chi connectivity index (χ2n) is 6.92. The van der Waals surface area contributed by atoms with Gasteiger partial charge >= 0.3 is 5.97 Å². The van der Waals surface area contributed by atoms with Crippen molar-refractivity contribution in [2.45, 2.75) is 57.4 Å². The van der Waals surface area contributed by atoms with Crippen molar-refractivity contribution in [1.82, 2.24) is 4.90 Å². The summed E-state index contributed by atoms with van der Waals surface area (Å²) < 4.78 is 0. The zero-order valence-electron chi connectivity index (χ0n) is 13.5. The van der Waals surface area contributed by atoms with Gasteiger partial charge in [-0.05, 0) is 43.2 Å². The molecule has 0 aromatic heterocycles. The van der Waals surface area contributed by atoms with Gasteiger partial charge in [-0.2, -0.15) is 0 Å². The lowest BCUT2D eigenvalue weighted by atomic mass is 9.88. The van der Waals surface area contributed by atoms with Crippen LogP contribution >= 0.6 is 0 Å². The number of hydrogen-bond acceptors (Lipinski definition) is 2. The number of aromatic carboxylic acids is 1. The molecule has 2 fully saturated rings. The molecule has 1 aromatic rings. The maximum atomic E-state index is 12.8. The van der Waals surface area contributed by atoms with Gasteiger partial charge in [-0.1, -0.05) is 37.5 Å². The Kier molecular flexibility index (Phi) is 4.99. The third-order valence-electron chi connectivity index (χ3n) is 5.08. The molecule has 124 valence electrons. The number of carboxylic acids is 1. The molecular weight excluding hydrogens is 290 g/mol. The van der Waals surface area contributed by atoms with E-state index >= 15 is 0 Å². The van der Waals surface area contributed by atoms with Crippen molar-refractivity contribution >= 4 is 11.9 Å². The van der Waals surface area contributed by atoms with Gasteiger partial charge in [-0.15, -0.1) is 0 Å². The average Bonchev–Trinajstić information content (AvgIpc) is 3.38. The molecule has 0 radical (unpaired) electrons. The van der Waals surface area contributed by atoms with Crippen molar-refractivity contribution in [3.05, 3.63) is 35.4 Å². The summed E-state index contributed by atoms with van der Waals surface area (Å²) in [6.07, 6.45) is 8.71. The number of carbonyl (C=O) groups is 2. The van der Waals surface area contributed by atoms with Crippen molar-refractivity contribution in [3.8, 4) is 0 Å². The van der Waals surface area contributed by atoms with Gasteiger partial charge in [0.05, 0.1) is 12.0 Å². The predicted molar refractivity (Wildman–Crippen MR) is 88.4 cm³/mol. The second-order valence-corrected chi connectivity index (χ2v) is 6.92. The van der Waals surface area contributed by atoms with Crippen molar-refractivity contribution in [1.29, 1.82) is 0 Å². The normalized spacial score (nSPS) is 18.6. The van der Waals surface area contributed by atoms with Crippen LogP contribution in [-0.2, 0) is 11.2 Å². The Hall–Kier alpha value is -1.84. The molecule has 0 heterocycles. The van der Waals surface area contributed by atoms with Crippen LogP contribution in [-0.4, -0.2) is 34.5 Å². The highest BCUT2D eigenvalue weighted by Gasteiger charge is 2.34. The Morgan fingerprint density at radius 1 is 1.04 bits per heavy atom. The summed E-state index contributed by atoms with van der Waals surface area (Å²) in [6, 6.07) is 7.23. The number of benzene rings is 1. The Morgan fingerprint density at radius 3 is 2.39 bits per heavy atom. The molecule has 0 unspecified atom stereocenters. The van der Waals surface area contributed by atoms with Crippen molar-refractivity contribution < 1.29 is 14.7 Å². The lowest BCUT2D eigenvalue weighted by Crippen LogP contribution is -2.38. The molecule has 0 saturated heterocycles. The first-order chi connectivity index (χ1) is 11.1. The van der Waals surface area contributed by atoms with Gasteiger partial charge in [0.15, 0.2) is 0 Å². The van der Waals surface area contributed by atoms with E-state index in [1.807, 2.05) is 4.90 Å². The molecule has 4 nitrogen and oxygen atoms in total. The highest BCUT2D eigenvalue weighted by molar-refractivity contribution is 5.91. The Bertz CT molecular complexity index is 574.